The van der Waals surface area contributed by atoms with E-state index in [4.69, 9.17) is 14.8 Å². The maximum absolute atomic E-state index is 12.1. The van der Waals surface area contributed by atoms with Crippen LogP contribution in [0.2, 0.25) is 0 Å². The molecule has 1 aliphatic rings. The summed E-state index contributed by atoms with van der Waals surface area (Å²) in [6.07, 6.45) is 1.77. The van der Waals surface area contributed by atoms with E-state index in [-0.39, 0.29) is 18.3 Å². The molecule has 0 aliphatic carbocycles. The maximum atomic E-state index is 12.1. The first kappa shape index (κ1) is 20.9. The Hall–Kier alpha value is -4.38. The van der Waals surface area contributed by atoms with Crippen molar-refractivity contribution in [2.75, 3.05) is 18.5 Å². The number of nitrogens with zero attached hydrogens (tertiary/aromatic N) is 3. The Bertz CT molecular complexity index is 1140. The quantitative estimate of drug-likeness (QED) is 0.593. The minimum Gasteiger partial charge on any atom is -0.489 e. The number of anilines is 1. The molecule has 2 amide bonds. The largest absolute Gasteiger partial charge is 0.489 e. The zero-order valence-electron chi connectivity index (χ0n) is 17.2. The topological polar surface area (TPSA) is 109 Å². The Morgan fingerprint density at radius 1 is 1.12 bits per heavy atom. The molecule has 1 atom stereocenters. The van der Waals surface area contributed by atoms with E-state index in [1.54, 1.807) is 6.07 Å². The third-order valence-electron chi connectivity index (χ3n) is 4.78. The SMILES string of the molecule is N#Cc1ccc(NC(=O)NCC2=NO[C@@H](COc3ccccc3-c3ccccc3)C2)cn1. The Kier molecular flexibility index (Phi) is 6.58. The zero-order chi connectivity index (χ0) is 22.2. The number of para-hydroxylation sites is 1. The van der Waals surface area contributed by atoms with Crippen molar-refractivity contribution in [1.29, 1.82) is 5.26 Å². The summed E-state index contributed by atoms with van der Waals surface area (Å²) < 4.78 is 6.02. The van der Waals surface area contributed by atoms with Crippen LogP contribution in [-0.4, -0.2) is 36.0 Å². The van der Waals surface area contributed by atoms with Crippen LogP contribution < -0.4 is 15.4 Å². The number of hydrogen-bond donors (Lipinski definition) is 2. The molecule has 0 unspecified atom stereocenters. The van der Waals surface area contributed by atoms with Gasteiger partial charge in [-0.2, -0.15) is 5.26 Å². The van der Waals surface area contributed by atoms with Crippen LogP contribution in [0, 0.1) is 11.3 Å². The van der Waals surface area contributed by atoms with E-state index in [0.29, 0.717) is 18.7 Å². The van der Waals surface area contributed by atoms with Crippen LogP contribution in [0.4, 0.5) is 10.5 Å². The van der Waals surface area contributed by atoms with E-state index in [1.807, 2.05) is 60.7 Å². The van der Waals surface area contributed by atoms with Crippen molar-refractivity contribution in [2.45, 2.75) is 12.5 Å². The van der Waals surface area contributed by atoms with Gasteiger partial charge in [0.05, 0.1) is 24.1 Å². The zero-order valence-corrected chi connectivity index (χ0v) is 17.2. The molecule has 0 saturated heterocycles. The van der Waals surface area contributed by atoms with E-state index in [1.165, 1.54) is 12.3 Å². The highest BCUT2D eigenvalue weighted by Gasteiger charge is 2.22. The van der Waals surface area contributed by atoms with Gasteiger partial charge in [0.25, 0.3) is 0 Å². The van der Waals surface area contributed by atoms with Crippen LogP contribution in [-0.2, 0) is 4.84 Å². The normalized spacial score (nSPS) is 14.6. The van der Waals surface area contributed by atoms with Gasteiger partial charge in [0, 0.05) is 12.0 Å². The number of amides is 2. The molecule has 2 aromatic carbocycles. The number of hydrogen-bond acceptors (Lipinski definition) is 6. The highest BCUT2D eigenvalue weighted by Crippen LogP contribution is 2.30. The minimum absolute atomic E-state index is 0.221. The van der Waals surface area contributed by atoms with Gasteiger partial charge < -0.3 is 20.2 Å². The fraction of sp³-hybridized carbons (Fsp3) is 0.167. The lowest BCUT2D eigenvalue weighted by molar-refractivity contribution is 0.0472. The molecule has 32 heavy (non-hydrogen) atoms. The molecule has 0 fully saturated rings. The average Bonchev–Trinajstić information content (AvgIpc) is 3.30. The lowest BCUT2D eigenvalue weighted by Crippen LogP contribution is -2.33. The van der Waals surface area contributed by atoms with E-state index < -0.39 is 6.03 Å². The Morgan fingerprint density at radius 3 is 2.72 bits per heavy atom. The minimum atomic E-state index is -0.393. The van der Waals surface area contributed by atoms with Gasteiger partial charge in [0.15, 0.2) is 6.10 Å². The summed E-state index contributed by atoms with van der Waals surface area (Å²) >= 11 is 0. The number of nitrogens with one attached hydrogen (secondary N) is 2. The third kappa shape index (κ3) is 5.40. The number of carbonyl (C=O) groups excluding carboxylic acids is 1. The van der Waals surface area contributed by atoms with Crippen molar-refractivity contribution in [2.24, 2.45) is 5.16 Å². The summed E-state index contributed by atoms with van der Waals surface area (Å²) in [5.41, 5.74) is 3.61. The Balaban J connectivity index is 1.23. The van der Waals surface area contributed by atoms with Gasteiger partial charge in [-0.1, -0.05) is 53.7 Å². The van der Waals surface area contributed by atoms with Gasteiger partial charge in [-0.25, -0.2) is 9.78 Å². The summed E-state index contributed by atoms with van der Waals surface area (Å²) in [7, 11) is 0. The third-order valence-corrected chi connectivity index (χ3v) is 4.78. The summed E-state index contributed by atoms with van der Waals surface area (Å²) in [6.45, 7) is 0.604. The smallest absolute Gasteiger partial charge is 0.319 e. The number of pyridine rings is 1. The van der Waals surface area contributed by atoms with E-state index in [0.717, 1.165) is 22.6 Å². The molecule has 0 spiro atoms. The summed E-state index contributed by atoms with van der Waals surface area (Å²) in [5, 5.41) is 18.2. The lowest BCUT2D eigenvalue weighted by Gasteiger charge is -2.14. The molecule has 1 aromatic heterocycles. The van der Waals surface area contributed by atoms with Gasteiger partial charge in [0.2, 0.25) is 0 Å². The molecule has 1 aliphatic heterocycles. The maximum Gasteiger partial charge on any atom is 0.319 e. The van der Waals surface area contributed by atoms with Gasteiger partial charge >= 0.3 is 6.03 Å². The van der Waals surface area contributed by atoms with Crippen molar-refractivity contribution in [3.63, 3.8) is 0 Å². The molecule has 0 radical (unpaired) electrons. The molecule has 4 rings (SSSR count). The number of carbonyl (C=O) groups is 1. The number of rotatable bonds is 7. The lowest BCUT2D eigenvalue weighted by atomic mass is 10.0. The van der Waals surface area contributed by atoms with Crippen LogP contribution >= 0.6 is 0 Å². The molecule has 2 heterocycles. The van der Waals surface area contributed by atoms with Crippen LogP contribution in [0.25, 0.3) is 11.1 Å². The van der Waals surface area contributed by atoms with Crippen LogP contribution in [0.15, 0.2) is 78.1 Å². The number of nitriles is 1. The second-order valence-electron chi connectivity index (χ2n) is 7.11. The fourth-order valence-electron chi connectivity index (χ4n) is 3.20. The highest BCUT2D eigenvalue weighted by molar-refractivity contribution is 5.94. The first-order chi connectivity index (χ1) is 15.7. The Morgan fingerprint density at radius 2 is 1.94 bits per heavy atom. The molecule has 0 bridgehead atoms. The van der Waals surface area contributed by atoms with Crippen molar-refractivity contribution in [3.05, 3.63) is 78.6 Å². The molecule has 8 heteroatoms. The predicted molar refractivity (Wildman–Crippen MR) is 120 cm³/mol. The van der Waals surface area contributed by atoms with Gasteiger partial charge in [-0.15, -0.1) is 0 Å². The van der Waals surface area contributed by atoms with Crippen molar-refractivity contribution in [3.8, 4) is 22.9 Å². The standard InChI is InChI=1S/C24H21N5O3/c25-13-18-10-11-19(14-26-18)28-24(30)27-15-20-12-21(32-29-20)16-31-23-9-5-4-8-22(23)17-6-2-1-3-7-17/h1-11,14,21H,12,15-16H2,(H2,27,28,30)/t21-/m1/s1. The van der Waals surface area contributed by atoms with E-state index in [2.05, 4.69) is 20.8 Å². The second kappa shape index (κ2) is 10.1. The number of aromatic nitrogens is 1. The summed E-state index contributed by atoms with van der Waals surface area (Å²) in [6, 6.07) is 22.6. The second-order valence-corrected chi connectivity index (χ2v) is 7.11. The molecular weight excluding hydrogens is 406 g/mol. The van der Waals surface area contributed by atoms with Crippen LogP contribution in [0.3, 0.4) is 0 Å². The highest BCUT2D eigenvalue weighted by atomic mass is 16.7. The monoisotopic (exact) mass is 427 g/mol. The number of oxime groups is 1. The molecule has 0 saturated carbocycles. The van der Waals surface area contributed by atoms with E-state index in [9.17, 15) is 4.79 Å². The first-order valence-electron chi connectivity index (χ1n) is 10.1. The number of benzene rings is 2. The molecule has 3 aromatic rings. The first-order valence-corrected chi connectivity index (χ1v) is 10.1. The predicted octanol–water partition coefficient (Wildman–Crippen LogP) is 3.97. The molecule has 160 valence electrons. The van der Waals surface area contributed by atoms with E-state index >= 15 is 0 Å². The van der Waals surface area contributed by atoms with Crippen molar-refractivity contribution < 1.29 is 14.4 Å². The van der Waals surface area contributed by atoms with Crippen molar-refractivity contribution in [1.82, 2.24) is 10.3 Å². The summed E-state index contributed by atoms with van der Waals surface area (Å²) in [5.74, 6) is 0.782. The van der Waals surface area contributed by atoms with Gasteiger partial charge in [-0.3, -0.25) is 0 Å². The fourth-order valence-corrected chi connectivity index (χ4v) is 3.20. The van der Waals surface area contributed by atoms with Crippen LogP contribution in [0.1, 0.15) is 12.1 Å². The van der Waals surface area contributed by atoms with Crippen LogP contribution in [0.5, 0.6) is 5.75 Å². The molecular formula is C24H21N5O3. The number of urea groups is 1. The Labute approximate surface area is 185 Å². The summed E-state index contributed by atoms with van der Waals surface area (Å²) in [4.78, 5) is 21.4. The van der Waals surface area contributed by atoms with Crippen molar-refractivity contribution >= 4 is 17.4 Å². The van der Waals surface area contributed by atoms with Gasteiger partial charge in [0.1, 0.15) is 24.1 Å². The molecule has 8 nitrogen and oxygen atoms in total. The average molecular weight is 427 g/mol. The molecule has 2 N–H and O–H groups in total. The van der Waals surface area contributed by atoms with Gasteiger partial charge in [-0.05, 0) is 23.8 Å². The number of ether oxygens (including phenoxy) is 1.